The first-order valence-electron chi connectivity index (χ1n) is 32.3. The monoisotopic (exact) mass is 1100 g/mol. The normalized spacial score (nSPS) is 14.1. The Morgan fingerprint density at radius 1 is 0.455 bits per heavy atom. The van der Waals surface area contributed by atoms with E-state index in [0.717, 1.165) is 96.3 Å². The summed E-state index contributed by atoms with van der Waals surface area (Å²) < 4.78 is 30.7. The molecule has 0 aliphatic rings. The van der Waals surface area contributed by atoms with Gasteiger partial charge < -0.3 is 19.4 Å². The number of likely N-dealkylation sites (N-methyl/N-ethyl adjacent to an activating group) is 1. The SMILES string of the molecule is CCCCC/C=C\C/C=C\C/C=C\C/C=C\CCCCCCCCCCCC(=O)NC(COP(=O)(O)OCC[N+](C)(C)C)C(/C=C\CCCCCCCCCCCC)OC(=O)CCCCC/C=C\CCCCCCCCC. The van der Waals surface area contributed by atoms with Crippen molar-refractivity contribution in [1.82, 2.24) is 5.32 Å². The van der Waals surface area contributed by atoms with Crippen LogP contribution >= 0.6 is 7.82 Å². The number of phosphoric ester groups is 1. The number of unbranched alkanes of at least 4 members (excludes halogenated alkanes) is 32. The fraction of sp³-hybridized carbons (Fsp3) is 0.791. The minimum absolute atomic E-state index is 0.0349. The molecule has 77 heavy (non-hydrogen) atoms. The van der Waals surface area contributed by atoms with E-state index < -0.39 is 20.0 Å². The van der Waals surface area contributed by atoms with Gasteiger partial charge in [0.25, 0.3) is 0 Å². The van der Waals surface area contributed by atoms with Gasteiger partial charge in [-0.15, -0.1) is 0 Å². The Kier molecular flexibility index (Phi) is 54.8. The van der Waals surface area contributed by atoms with Gasteiger partial charge in [0, 0.05) is 12.8 Å². The zero-order chi connectivity index (χ0) is 56.4. The number of hydrogen-bond acceptors (Lipinski definition) is 6. The van der Waals surface area contributed by atoms with Crippen molar-refractivity contribution in [3.63, 3.8) is 0 Å². The van der Waals surface area contributed by atoms with Crippen LogP contribution in [0.3, 0.4) is 0 Å². The maximum absolute atomic E-state index is 13.6. The van der Waals surface area contributed by atoms with Gasteiger partial charge in [-0.05, 0) is 102 Å². The van der Waals surface area contributed by atoms with Crippen LogP contribution in [0.2, 0.25) is 0 Å². The van der Waals surface area contributed by atoms with E-state index in [2.05, 4.69) is 86.8 Å². The summed E-state index contributed by atoms with van der Waals surface area (Å²) in [5.74, 6) is -0.527. The van der Waals surface area contributed by atoms with E-state index in [1.807, 2.05) is 33.3 Å². The lowest BCUT2D eigenvalue weighted by molar-refractivity contribution is -0.870. The number of carbonyl (C=O) groups excluding carboxylic acids is 2. The maximum Gasteiger partial charge on any atom is 0.472 e. The van der Waals surface area contributed by atoms with E-state index in [9.17, 15) is 19.0 Å². The summed E-state index contributed by atoms with van der Waals surface area (Å²) in [7, 11) is 1.48. The van der Waals surface area contributed by atoms with E-state index in [1.54, 1.807) is 0 Å². The lowest BCUT2D eigenvalue weighted by Crippen LogP contribution is -2.47. The van der Waals surface area contributed by atoms with Gasteiger partial charge in [0.1, 0.15) is 19.3 Å². The molecule has 2 N–H and O–H groups in total. The molecule has 0 radical (unpaired) electrons. The fourth-order valence-electron chi connectivity index (χ4n) is 9.10. The number of nitrogens with one attached hydrogen (secondary N) is 1. The first-order valence-corrected chi connectivity index (χ1v) is 33.8. The molecule has 3 unspecified atom stereocenters. The molecule has 0 saturated carbocycles. The van der Waals surface area contributed by atoms with Gasteiger partial charge in [-0.25, -0.2) is 4.57 Å². The summed E-state index contributed by atoms with van der Waals surface area (Å²) in [6.07, 6.45) is 73.3. The van der Waals surface area contributed by atoms with Crippen molar-refractivity contribution in [1.29, 1.82) is 0 Å². The molecule has 0 aromatic heterocycles. The van der Waals surface area contributed by atoms with Crippen LogP contribution in [0.5, 0.6) is 0 Å². The third kappa shape index (κ3) is 57.9. The molecular formula is C67H124N2O7P+. The van der Waals surface area contributed by atoms with Gasteiger partial charge in [-0.1, -0.05) is 248 Å². The van der Waals surface area contributed by atoms with Crippen LogP contribution in [0.4, 0.5) is 0 Å². The van der Waals surface area contributed by atoms with Crippen molar-refractivity contribution in [3.05, 3.63) is 72.9 Å². The molecule has 0 bridgehead atoms. The number of esters is 1. The molecule has 0 aromatic rings. The number of amides is 1. The predicted molar refractivity (Wildman–Crippen MR) is 332 cm³/mol. The molecule has 0 aromatic carbocycles. The topological polar surface area (TPSA) is 111 Å². The lowest BCUT2D eigenvalue weighted by Gasteiger charge is -2.27. The molecule has 0 spiro atoms. The van der Waals surface area contributed by atoms with E-state index >= 15 is 0 Å². The first-order chi connectivity index (χ1) is 37.4. The number of rotatable bonds is 58. The molecule has 0 aliphatic heterocycles. The van der Waals surface area contributed by atoms with Gasteiger partial charge >= 0.3 is 13.8 Å². The number of ether oxygens (including phenoxy) is 1. The van der Waals surface area contributed by atoms with Gasteiger partial charge in [0.15, 0.2) is 0 Å². The molecule has 0 aliphatic carbocycles. The molecule has 448 valence electrons. The predicted octanol–water partition coefficient (Wildman–Crippen LogP) is 20.0. The van der Waals surface area contributed by atoms with Gasteiger partial charge in [0.05, 0.1) is 33.8 Å². The van der Waals surface area contributed by atoms with Crippen molar-refractivity contribution in [2.75, 3.05) is 40.9 Å². The molecule has 1 amide bonds. The Morgan fingerprint density at radius 2 is 0.792 bits per heavy atom. The zero-order valence-corrected chi connectivity index (χ0v) is 52.1. The van der Waals surface area contributed by atoms with Crippen molar-refractivity contribution in [2.24, 2.45) is 0 Å². The van der Waals surface area contributed by atoms with E-state index in [0.29, 0.717) is 23.9 Å². The third-order valence-corrected chi connectivity index (χ3v) is 15.1. The Hall–Kier alpha value is -2.55. The molecule has 0 fully saturated rings. The van der Waals surface area contributed by atoms with E-state index in [4.69, 9.17) is 13.8 Å². The Bertz CT molecular complexity index is 1550. The average Bonchev–Trinajstić information content (AvgIpc) is 3.39. The Balaban J connectivity index is 5.16. The standard InChI is InChI=1S/C67H123N2O7P/c1-7-10-13-16-19-22-25-28-30-31-32-33-34-35-36-37-38-39-40-41-44-47-50-53-56-59-66(70)68-64(63-75-77(72,73)74-62-61-69(4,5)6)65(58-55-52-49-46-43-27-24-21-18-15-12-9-3)76-67(71)60-57-54-51-48-45-42-29-26-23-20-17-14-11-8-2/h19,22,28,30,32-33,35-36,42,45,55,58,64-65H,7-18,20-21,23-27,29,31,34,37-41,43-44,46-54,56-57,59-63H2,1-6H3,(H-,68,70,72,73)/p+1/b22-19-,30-28-,33-32-,36-35-,45-42-,58-55-. The molecule has 10 heteroatoms. The number of hydrogen-bond donors (Lipinski definition) is 2. The van der Waals surface area contributed by atoms with Crippen LogP contribution in [-0.2, 0) is 27.9 Å². The number of nitrogens with zero attached hydrogens (tertiary/aromatic N) is 1. The maximum atomic E-state index is 13.6. The van der Waals surface area contributed by atoms with Gasteiger partial charge in [-0.2, -0.15) is 0 Å². The second-order valence-corrected chi connectivity index (χ2v) is 24.4. The summed E-state index contributed by atoms with van der Waals surface area (Å²) in [4.78, 5) is 37.7. The minimum atomic E-state index is -4.45. The number of carbonyl (C=O) groups is 2. The summed E-state index contributed by atoms with van der Waals surface area (Å²) in [6, 6.07) is -0.859. The van der Waals surface area contributed by atoms with E-state index in [-0.39, 0.29) is 31.5 Å². The van der Waals surface area contributed by atoms with Crippen molar-refractivity contribution >= 4 is 19.7 Å². The van der Waals surface area contributed by atoms with Crippen molar-refractivity contribution in [2.45, 2.75) is 303 Å². The van der Waals surface area contributed by atoms with Crippen LogP contribution in [-0.4, -0.2) is 74.3 Å². The summed E-state index contributed by atoms with van der Waals surface area (Å²) in [6.45, 7) is 6.98. The zero-order valence-electron chi connectivity index (χ0n) is 51.2. The van der Waals surface area contributed by atoms with Crippen LogP contribution in [0.25, 0.3) is 0 Å². The fourth-order valence-corrected chi connectivity index (χ4v) is 9.83. The highest BCUT2D eigenvalue weighted by atomic mass is 31.2. The van der Waals surface area contributed by atoms with Crippen LogP contribution in [0.1, 0.15) is 290 Å². The van der Waals surface area contributed by atoms with Crippen LogP contribution < -0.4 is 5.32 Å². The molecule has 3 atom stereocenters. The van der Waals surface area contributed by atoms with Crippen LogP contribution in [0, 0.1) is 0 Å². The van der Waals surface area contributed by atoms with E-state index in [1.165, 1.54) is 154 Å². The van der Waals surface area contributed by atoms with Gasteiger partial charge in [0.2, 0.25) is 5.91 Å². The highest BCUT2D eigenvalue weighted by Crippen LogP contribution is 2.43. The lowest BCUT2D eigenvalue weighted by atomic mass is 10.0. The number of allylic oxidation sites excluding steroid dienone is 11. The molecular weight excluding hydrogens is 976 g/mol. The summed E-state index contributed by atoms with van der Waals surface area (Å²) in [5.41, 5.74) is 0. The number of quaternary nitrogens is 1. The van der Waals surface area contributed by atoms with Crippen LogP contribution in [0.15, 0.2) is 72.9 Å². The first kappa shape index (κ1) is 74.5. The molecule has 9 nitrogen and oxygen atoms in total. The summed E-state index contributed by atoms with van der Waals surface area (Å²) >= 11 is 0. The highest BCUT2D eigenvalue weighted by molar-refractivity contribution is 7.47. The molecule has 0 heterocycles. The molecule has 0 rings (SSSR count). The second kappa shape index (κ2) is 56.7. The smallest absolute Gasteiger partial charge is 0.456 e. The van der Waals surface area contributed by atoms with Crippen molar-refractivity contribution in [3.8, 4) is 0 Å². The largest absolute Gasteiger partial charge is 0.472 e. The second-order valence-electron chi connectivity index (χ2n) is 22.9. The average molecular weight is 1100 g/mol. The quantitative estimate of drug-likeness (QED) is 0.0205. The Morgan fingerprint density at radius 3 is 1.23 bits per heavy atom. The van der Waals surface area contributed by atoms with Crippen molar-refractivity contribution < 1.29 is 37.3 Å². The molecule has 0 saturated heterocycles. The van der Waals surface area contributed by atoms with Gasteiger partial charge in [-0.3, -0.25) is 18.6 Å². The Labute approximate surface area is 476 Å². The third-order valence-electron chi connectivity index (χ3n) is 14.1. The summed E-state index contributed by atoms with van der Waals surface area (Å²) in [5, 5.41) is 3.05. The highest BCUT2D eigenvalue weighted by Gasteiger charge is 2.30. The number of phosphoric acid groups is 1. The minimum Gasteiger partial charge on any atom is -0.456 e.